The van der Waals surface area contributed by atoms with Crippen LogP contribution >= 0.6 is 0 Å². The summed E-state index contributed by atoms with van der Waals surface area (Å²) in [6, 6.07) is 9.43. The minimum atomic E-state index is 0.103. The highest BCUT2D eigenvalue weighted by atomic mass is 16.1. The van der Waals surface area contributed by atoms with Crippen molar-refractivity contribution in [2.45, 2.75) is 13.0 Å². The Kier molecular flexibility index (Phi) is 4.29. The number of rotatable bonds is 5. The number of Topliss-reactive ketones (excluding diaryl/α,β-unsaturated/α-hetero) is 1. The molecule has 0 radical (unpaired) electrons. The lowest BCUT2D eigenvalue weighted by Gasteiger charge is -2.09. The van der Waals surface area contributed by atoms with E-state index in [1.807, 2.05) is 37.3 Å². The molecule has 3 heteroatoms. The molecule has 1 atom stereocenters. The van der Waals surface area contributed by atoms with Crippen LogP contribution in [0.3, 0.4) is 0 Å². The molecule has 1 unspecified atom stereocenters. The smallest absolute Gasteiger partial charge is 0.176 e. The number of nitrogens with one attached hydrogen (secondary N) is 1. The first-order valence-electron chi connectivity index (χ1n) is 4.75. The summed E-state index contributed by atoms with van der Waals surface area (Å²) in [5.41, 5.74) is 6.16. The molecule has 0 heterocycles. The molecule has 0 bridgehead atoms. The number of carbonyl (C=O) groups excluding carboxylic acids is 1. The Morgan fingerprint density at radius 2 is 2.07 bits per heavy atom. The van der Waals surface area contributed by atoms with Gasteiger partial charge in [0.05, 0.1) is 6.54 Å². The second-order valence-electron chi connectivity index (χ2n) is 3.31. The van der Waals surface area contributed by atoms with Crippen molar-refractivity contribution in [2.75, 3.05) is 13.1 Å². The van der Waals surface area contributed by atoms with Crippen LogP contribution in [0.4, 0.5) is 0 Å². The summed E-state index contributed by atoms with van der Waals surface area (Å²) >= 11 is 0. The van der Waals surface area contributed by atoms with Crippen molar-refractivity contribution in [1.29, 1.82) is 0 Å². The van der Waals surface area contributed by atoms with E-state index in [-0.39, 0.29) is 11.8 Å². The van der Waals surface area contributed by atoms with Crippen molar-refractivity contribution in [3.8, 4) is 0 Å². The van der Waals surface area contributed by atoms with Crippen molar-refractivity contribution in [2.24, 2.45) is 5.73 Å². The van der Waals surface area contributed by atoms with E-state index >= 15 is 0 Å². The SMILES string of the molecule is CC(CN)NCC(=O)c1ccccc1. The molecule has 0 aliphatic heterocycles. The zero-order valence-corrected chi connectivity index (χ0v) is 8.36. The Bertz CT molecular complexity index is 285. The summed E-state index contributed by atoms with van der Waals surface area (Å²) in [7, 11) is 0. The molecule has 1 rings (SSSR count). The fourth-order valence-corrected chi connectivity index (χ4v) is 1.08. The predicted molar refractivity (Wildman–Crippen MR) is 57.3 cm³/mol. The first-order valence-corrected chi connectivity index (χ1v) is 4.75. The molecule has 14 heavy (non-hydrogen) atoms. The molecule has 3 nitrogen and oxygen atoms in total. The maximum atomic E-state index is 11.6. The summed E-state index contributed by atoms with van der Waals surface area (Å²) in [5, 5.41) is 3.06. The standard InChI is InChI=1S/C11H16N2O/c1-9(7-12)13-8-11(14)10-5-3-2-4-6-10/h2-6,9,13H,7-8,12H2,1H3. The monoisotopic (exact) mass is 192 g/mol. The molecule has 0 saturated carbocycles. The highest BCUT2D eigenvalue weighted by Crippen LogP contribution is 1.98. The molecule has 76 valence electrons. The maximum absolute atomic E-state index is 11.6. The topological polar surface area (TPSA) is 55.1 Å². The number of benzene rings is 1. The zero-order valence-electron chi connectivity index (χ0n) is 8.36. The van der Waals surface area contributed by atoms with Gasteiger partial charge in [-0.05, 0) is 6.92 Å². The lowest BCUT2D eigenvalue weighted by molar-refractivity contribution is 0.0988. The van der Waals surface area contributed by atoms with Crippen LogP contribution in [0.5, 0.6) is 0 Å². The largest absolute Gasteiger partial charge is 0.329 e. The van der Waals surface area contributed by atoms with E-state index in [4.69, 9.17) is 5.73 Å². The number of ketones is 1. The van der Waals surface area contributed by atoms with Crippen LogP contribution in [0.15, 0.2) is 30.3 Å². The molecule has 0 aromatic heterocycles. The molecule has 0 spiro atoms. The Morgan fingerprint density at radius 1 is 1.43 bits per heavy atom. The van der Waals surface area contributed by atoms with E-state index in [0.717, 1.165) is 5.56 Å². The third kappa shape index (κ3) is 3.28. The minimum Gasteiger partial charge on any atom is -0.329 e. The van der Waals surface area contributed by atoms with Crippen LogP contribution in [-0.2, 0) is 0 Å². The van der Waals surface area contributed by atoms with Gasteiger partial charge in [-0.25, -0.2) is 0 Å². The molecule has 0 aliphatic carbocycles. The minimum absolute atomic E-state index is 0.103. The first-order chi connectivity index (χ1) is 6.74. The van der Waals surface area contributed by atoms with Crippen molar-refractivity contribution in [3.63, 3.8) is 0 Å². The van der Waals surface area contributed by atoms with Gasteiger partial charge in [-0.2, -0.15) is 0 Å². The van der Waals surface area contributed by atoms with Gasteiger partial charge in [0.25, 0.3) is 0 Å². The molecular formula is C11H16N2O. The summed E-state index contributed by atoms with van der Waals surface area (Å²) in [6.07, 6.45) is 0. The van der Waals surface area contributed by atoms with Crippen molar-refractivity contribution >= 4 is 5.78 Å². The number of hydrogen-bond donors (Lipinski definition) is 2. The van der Waals surface area contributed by atoms with Gasteiger partial charge in [0.2, 0.25) is 0 Å². The van der Waals surface area contributed by atoms with E-state index in [0.29, 0.717) is 13.1 Å². The third-order valence-electron chi connectivity index (χ3n) is 2.06. The van der Waals surface area contributed by atoms with E-state index in [2.05, 4.69) is 5.32 Å². The van der Waals surface area contributed by atoms with Crippen LogP contribution in [0.25, 0.3) is 0 Å². The molecule has 1 aromatic rings. The summed E-state index contributed by atoms with van der Waals surface area (Å²) in [6.45, 7) is 2.85. The summed E-state index contributed by atoms with van der Waals surface area (Å²) in [5.74, 6) is 0.103. The quantitative estimate of drug-likeness (QED) is 0.679. The fourth-order valence-electron chi connectivity index (χ4n) is 1.08. The average Bonchev–Trinajstić information content (AvgIpc) is 2.26. The normalized spacial score (nSPS) is 12.4. The second kappa shape index (κ2) is 5.52. The van der Waals surface area contributed by atoms with Crippen molar-refractivity contribution in [3.05, 3.63) is 35.9 Å². The molecule has 0 amide bonds. The molecule has 0 aliphatic rings. The highest BCUT2D eigenvalue weighted by Gasteiger charge is 2.05. The average molecular weight is 192 g/mol. The van der Waals surface area contributed by atoms with Crippen molar-refractivity contribution < 1.29 is 4.79 Å². The van der Waals surface area contributed by atoms with Gasteiger partial charge in [0.1, 0.15) is 0 Å². The van der Waals surface area contributed by atoms with Crippen LogP contribution < -0.4 is 11.1 Å². The van der Waals surface area contributed by atoms with Gasteiger partial charge in [0.15, 0.2) is 5.78 Å². The van der Waals surface area contributed by atoms with Crippen molar-refractivity contribution in [1.82, 2.24) is 5.32 Å². The van der Waals surface area contributed by atoms with Gasteiger partial charge >= 0.3 is 0 Å². The van der Waals surface area contributed by atoms with E-state index in [1.165, 1.54) is 0 Å². The van der Waals surface area contributed by atoms with Crippen LogP contribution in [0.2, 0.25) is 0 Å². The van der Waals surface area contributed by atoms with E-state index in [1.54, 1.807) is 0 Å². The van der Waals surface area contributed by atoms with E-state index < -0.39 is 0 Å². The zero-order chi connectivity index (χ0) is 10.4. The van der Waals surface area contributed by atoms with Crippen LogP contribution in [0, 0.1) is 0 Å². The third-order valence-corrected chi connectivity index (χ3v) is 2.06. The lowest BCUT2D eigenvalue weighted by atomic mass is 10.1. The molecule has 1 aromatic carbocycles. The summed E-state index contributed by atoms with van der Waals surface area (Å²) in [4.78, 5) is 11.6. The summed E-state index contributed by atoms with van der Waals surface area (Å²) < 4.78 is 0. The Morgan fingerprint density at radius 3 is 2.64 bits per heavy atom. The number of nitrogens with two attached hydrogens (primary N) is 1. The van der Waals surface area contributed by atoms with Gasteiger partial charge in [-0.3, -0.25) is 4.79 Å². The van der Waals surface area contributed by atoms with Gasteiger partial charge in [0, 0.05) is 18.2 Å². The van der Waals surface area contributed by atoms with Gasteiger partial charge in [-0.15, -0.1) is 0 Å². The molecule has 3 N–H and O–H groups in total. The molecule has 0 saturated heterocycles. The van der Waals surface area contributed by atoms with Gasteiger partial charge in [-0.1, -0.05) is 30.3 Å². The van der Waals surface area contributed by atoms with Gasteiger partial charge < -0.3 is 11.1 Å². The van der Waals surface area contributed by atoms with Crippen LogP contribution in [0.1, 0.15) is 17.3 Å². The van der Waals surface area contributed by atoms with Crippen LogP contribution in [-0.4, -0.2) is 24.9 Å². The Balaban J connectivity index is 2.44. The second-order valence-corrected chi connectivity index (χ2v) is 3.31. The maximum Gasteiger partial charge on any atom is 0.176 e. The number of hydrogen-bond acceptors (Lipinski definition) is 3. The Labute approximate surface area is 84.3 Å². The molecule has 0 fully saturated rings. The number of carbonyl (C=O) groups is 1. The van der Waals surface area contributed by atoms with E-state index in [9.17, 15) is 4.79 Å². The fraction of sp³-hybridized carbons (Fsp3) is 0.364. The highest BCUT2D eigenvalue weighted by molar-refractivity contribution is 5.97. The predicted octanol–water partition coefficient (Wildman–Crippen LogP) is 0.806. The molecular weight excluding hydrogens is 176 g/mol. The lowest BCUT2D eigenvalue weighted by Crippen LogP contribution is -2.36. The Hall–Kier alpha value is -1.19. The first kappa shape index (κ1) is 10.9.